The van der Waals surface area contributed by atoms with Crippen molar-refractivity contribution in [1.29, 1.82) is 0 Å². The van der Waals surface area contributed by atoms with E-state index in [2.05, 4.69) is 46.1 Å². The Labute approximate surface area is 133 Å². The molecule has 0 aromatic heterocycles. The van der Waals surface area contributed by atoms with Crippen LogP contribution in [0.5, 0.6) is 0 Å². The highest BCUT2D eigenvalue weighted by molar-refractivity contribution is 9.10. The molecule has 0 saturated carbocycles. The van der Waals surface area contributed by atoms with Crippen molar-refractivity contribution < 1.29 is 0 Å². The number of hydrogen-bond acceptors (Lipinski definition) is 2. The lowest BCUT2D eigenvalue weighted by Crippen LogP contribution is -2.17. The Morgan fingerprint density at radius 1 is 1.20 bits per heavy atom. The molecule has 106 valence electrons. The molecule has 0 amide bonds. The summed E-state index contributed by atoms with van der Waals surface area (Å²) in [4.78, 5) is 2.19. The van der Waals surface area contributed by atoms with Gasteiger partial charge in [-0.2, -0.15) is 0 Å². The zero-order valence-electron chi connectivity index (χ0n) is 11.6. The quantitative estimate of drug-likeness (QED) is 0.858. The lowest BCUT2D eigenvalue weighted by atomic mass is 10.1. The van der Waals surface area contributed by atoms with E-state index in [4.69, 9.17) is 17.3 Å². The second-order valence-corrected chi connectivity index (χ2v) is 6.27. The second-order valence-electron chi connectivity index (χ2n) is 4.98. The summed E-state index contributed by atoms with van der Waals surface area (Å²) in [5.74, 6) is 0. The molecule has 0 aliphatic carbocycles. The molecule has 2 nitrogen and oxygen atoms in total. The standard InChI is InChI=1S/C16H18BrClN2/c1-11(19)13-5-8-16(15(17)9-13)20(2)10-12-3-6-14(18)7-4-12/h3-9,11H,10,19H2,1-2H3/t11-/m0/s1. The summed E-state index contributed by atoms with van der Waals surface area (Å²) >= 11 is 9.53. The van der Waals surface area contributed by atoms with Gasteiger partial charge in [0.2, 0.25) is 0 Å². The molecule has 0 bridgehead atoms. The maximum Gasteiger partial charge on any atom is 0.0511 e. The summed E-state index contributed by atoms with van der Waals surface area (Å²) < 4.78 is 1.06. The van der Waals surface area contributed by atoms with Crippen LogP contribution in [0.3, 0.4) is 0 Å². The van der Waals surface area contributed by atoms with Crippen molar-refractivity contribution >= 4 is 33.2 Å². The minimum Gasteiger partial charge on any atom is -0.369 e. The maximum absolute atomic E-state index is 5.90. The number of rotatable bonds is 4. The zero-order valence-corrected chi connectivity index (χ0v) is 13.9. The number of anilines is 1. The Balaban J connectivity index is 2.16. The SMILES string of the molecule is C[C@H](N)c1ccc(N(C)Cc2ccc(Cl)cc2)c(Br)c1. The molecule has 0 unspecified atom stereocenters. The normalized spacial score (nSPS) is 12.2. The van der Waals surface area contributed by atoms with Gasteiger partial charge in [-0.1, -0.05) is 29.8 Å². The van der Waals surface area contributed by atoms with Gasteiger partial charge in [0.15, 0.2) is 0 Å². The first-order valence-corrected chi connectivity index (χ1v) is 7.65. The highest BCUT2D eigenvalue weighted by atomic mass is 79.9. The van der Waals surface area contributed by atoms with Crippen LogP contribution in [0.1, 0.15) is 24.1 Å². The van der Waals surface area contributed by atoms with Crippen LogP contribution in [0.4, 0.5) is 5.69 Å². The minimum atomic E-state index is 0.0434. The van der Waals surface area contributed by atoms with E-state index in [1.807, 2.05) is 31.2 Å². The van der Waals surface area contributed by atoms with Crippen molar-refractivity contribution in [2.24, 2.45) is 5.73 Å². The van der Waals surface area contributed by atoms with Crippen molar-refractivity contribution in [3.8, 4) is 0 Å². The van der Waals surface area contributed by atoms with E-state index >= 15 is 0 Å². The lowest BCUT2D eigenvalue weighted by molar-refractivity contribution is 0.816. The van der Waals surface area contributed by atoms with E-state index < -0.39 is 0 Å². The summed E-state index contributed by atoms with van der Waals surface area (Å²) in [7, 11) is 2.07. The number of hydrogen-bond donors (Lipinski definition) is 1. The van der Waals surface area contributed by atoms with Crippen molar-refractivity contribution in [3.63, 3.8) is 0 Å². The predicted octanol–water partition coefficient (Wildman–Crippen LogP) is 4.76. The van der Waals surface area contributed by atoms with Crippen LogP contribution in [0.25, 0.3) is 0 Å². The first-order valence-electron chi connectivity index (χ1n) is 6.48. The molecule has 0 aliphatic heterocycles. The van der Waals surface area contributed by atoms with Gasteiger partial charge >= 0.3 is 0 Å². The van der Waals surface area contributed by atoms with E-state index in [0.717, 1.165) is 27.3 Å². The Morgan fingerprint density at radius 3 is 2.40 bits per heavy atom. The molecule has 2 N–H and O–H groups in total. The monoisotopic (exact) mass is 352 g/mol. The molecule has 0 radical (unpaired) electrons. The fourth-order valence-electron chi connectivity index (χ4n) is 2.06. The fraction of sp³-hybridized carbons (Fsp3) is 0.250. The number of halogens is 2. The van der Waals surface area contributed by atoms with Crippen molar-refractivity contribution in [1.82, 2.24) is 0 Å². The van der Waals surface area contributed by atoms with Gasteiger partial charge in [-0.15, -0.1) is 0 Å². The number of benzene rings is 2. The molecule has 2 aromatic carbocycles. The maximum atomic E-state index is 5.90. The average molecular weight is 354 g/mol. The highest BCUT2D eigenvalue weighted by Gasteiger charge is 2.09. The fourth-order valence-corrected chi connectivity index (χ4v) is 2.89. The van der Waals surface area contributed by atoms with E-state index in [1.165, 1.54) is 5.56 Å². The van der Waals surface area contributed by atoms with Gasteiger partial charge in [-0.25, -0.2) is 0 Å². The van der Waals surface area contributed by atoms with Crippen molar-refractivity contribution in [2.75, 3.05) is 11.9 Å². The first kappa shape index (κ1) is 15.4. The van der Waals surface area contributed by atoms with Crippen molar-refractivity contribution in [2.45, 2.75) is 19.5 Å². The van der Waals surface area contributed by atoms with Gasteiger partial charge in [-0.05, 0) is 58.2 Å². The predicted molar refractivity (Wildman–Crippen MR) is 90.3 cm³/mol. The van der Waals surface area contributed by atoms with Crippen LogP contribution in [-0.2, 0) is 6.54 Å². The van der Waals surface area contributed by atoms with Gasteiger partial charge in [0.1, 0.15) is 0 Å². The van der Waals surface area contributed by atoms with Crippen LogP contribution in [0.15, 0.2) is 46.9 Å². The molecule has 2 rings (SSSR count). The number of nitrogens with two attached hydrogens (primary N) is 1. The third kappa shape index (κ3) is 3.75. The Kier molecular flexibility index (Phi) is 5.08. The van der Waals surface area contributed by atoms with Gasteiger partial charge in [0.05, 0.1) is 5.69 Å². The summed E-state index contributed by atoms with van der Waals surface area (Å²) in [5.41, 5.74) is 9.39. The average Bonchev–Trinajstić information content (AvgIpc) is 2.41. The smallest absolute Gasteiger partial charge is 0.0511 e. The van der Waals surface area contributed by atoms with Crippen LogP contribution < -0.4 is 10.6 Å². The molecule has 0 fully saturated rings. The van der Waals surface area contributed by atoms with Crippen molar-refractivity contribution in [3.05, 3.63) is 63.1 Å². The molecule has 0 spiro atoms. The second kappa shape index (κ2) is 6.61. The van der Waals surface area contributed by atoms with Gasteiger partial charge in [-0.3, -0.25) is 0 Å². The Morgan fingerprint density at radius 2 is 1.85 bits per heavy atom. The molecule has 4 heteroatoms. The van der Waals surface area contributed by atoms with Gasteiger partial charge in [0, 0.05) is 29.1 Å². The van der Waals surface area contributed by atoms with Gasteiger partial charge in [0.25, 0.3) is 0 Å². The van der Waals surface area contributed by atoms with Crippen LogP contribution in [0.2, 0.25) is 5.02 Å². The Hall–Kier alpha value is -1.03. The first-order chi connectivity index (χ1) is 9.47. The van der Waals surface area contributed by atoms with Crippen LogP contribution in [0, 0.1) is 0 Å². The third-order valence-electron chi connectivity index (χ3n) is 3.24. The molecule has 20 heavy (non-hydrogen) atoms. The summed E-state index contributed by atoms with van der Waals surface area (Å²) in [6, 6.07) is 14.2. The third-order valence-corrected chi connectivity index (χ3v) is 4.13. The van der Waals surface area contributed by atoms with E-state index in [0.29, 0.717) is 0 Å². The van der Waals surface area contributed by atoms with Gasteiger partial charge < -0.3 is 10.6 Å². The zero-order chi connectivity index (χ0) is 14.7. The Bertz CT molecular complexity index is 582. The molecule has 0 saturated heterocycles. The molecular weight excluding hydrogens is 336 g/mol. The molecule has 0 heterocycles. The van der Waals surface area contributed by atoms with Crippen LogP contribution in [-0.4, -0.2) is 7.05 Å². The highest BCUT2D eigenvalue weighted by Crippen LogP contribution is 2.29. The summed E-state index contributed by atoms with van der Waals surface area (Å²) in [6.07, 6.45) is 0. The van der Waals surface area contributed by atoms with E-state index in [-0.39, 0.29) is 6.04 Å². The molecular formula is C16H18BrClN2. The molecule has 2 aromatic rings. The largest absolute Gasteiger partial charge is 0.369 e. The molecule has 1 atom stereocenters. The summed E-state index contributed by atoms with van der Waals surface area (Å²) in [6.45, 7) is 2.81. The van der Waals surface area contributed by atoms with Crippen LogP contribution >= 0.6 is 27.5 Å². The minimum absolute atomic E-state index is 0.0434. The molecule has 0 aliphatic rings. The topological polar surface area (TPSA) is 29.3 Å². The lowest BCUT2D eigenvalue weighted by Gasteiger charge is -2.22. The van der Waals surface area contributed by atoms with E-state index in [9.17, 15) is 0 Å². The summed E-state index contributed by atoms with van der Waals surface area (Å²) in [5, 5.41) is 0.763. The number of nitrogens with zero attached hydrogens (tertiary/aromatic N) is 1. The van der Waals surface area contributed by atoms with E-state index in [1.54, 1.807) is 0 Å².